The molecule has 1 N–H and O–H groups in total. The van der Waals surface area contributed by atoms with Crippen LogP contribution in [0.3, 0.4) is 0 Å². The van der Waals surface area contributed by atoms with E-state index in [9.17, 15) is 13.2 Å². The van der Waals surface area contributed by atoms with Crippen LogP contribution in [0.4, 0.5) is 5.69 Å². The van der Waals surface area contributed by atoms with Gasteiger partial charge in [-0.05, 0) is 61.3 Å². The third-order valence-corrected chi connectivity index (χ3v) is 7.82. The van der Waals surface area contributed by atoms with Crippen LogP contribution in [0.2, 0.25) is 0 Å². The summed E-state index contributed by atoms with van der Waals surface area (Å²) in [6.45, 7) is 3.31. The largest absolute Gasteiger partial charge is 0.350 e. The number of hydrogen-bond acceptors (Lipinski definition) is 4. The molecule has 1 aliphatic heterocycles. The second kappa shape index (κ2) is 11.3. The number of nitrogens with zero attached hydrogens (tertiary/aromatic N) is 2. The number of anilines is 1. The van der Waals surface area contributed by atoms with E-state index in [-0.39, 0.29) is 17.3 Å². The summed E-state index contributed by atoms with van der Waals surface area (Å²) in [4.78, 5) is 15.4. The van der Waals surface area contributed by atoms with Crippen LogP contribution in [0, 0.1) is 0 Å². The standard InChI is InChI=1S/C27H31N3O3S/c31-27(28-20-23-14-16-24(17-15-23)21-29-18-8-3-9-19-29)22-30(25-10-4-1-5-11-25)34(32,33)26-12-6-2-7-13-26/h1-2,4-7,10-17H,3,8-9,18-22H2,(H,28,31). The lowest BCUT2D eigenvalue weighted by molar-refractivity contribution is -0.119. The van der Waals surface area contributed by atoms with Gasteiger partial charge in [0.05, 0.1) is 10.6 Å². The van der Waals surface area contributed by atoms with Gasteiger partial charge in [0.15, 0.2) is 0 Å². The Labute approximate surface area is 202 Å². The molecular weight excluding hydrogens is 446 g/mol. The monoisotopic (exact) mass is 477 g/mol. The highest BCUT2D eigenvalue weighted by Gasteiger charge is 2.26. The van der Waals surface area contributed by atoms with Crippen LogP contribution >= 0.6 is 0 Å². The molecule has 0 bridgehead atoms. The van der Waals surface area contributed by atoms with Crippen molar-refractivity contribution in [3.8, 4) is 0 Å². The Morgan fingerprint density at radius 3 is 2.03 bits per heavy atom. The molecule has 34 heavy (non-hydrogen) atoms. The molecule has 1 amide bonds. The average molecular weight is 478 g/mol. The van der Waals surface area contributed by atoms with Crippen molar-refractivity contribution in [3.05, 3.63) is 96.1 Å². The zero-order valence-corrected chi connectivity index (χ0v) is 20.1. The number of nitrogens with one attached hydrogen (secondary N) is 1. The topological polar surface area (TPSA) is 69.7 Å². The first-order valence-corrected chi connectivity index (χ1v) is 13.2. The Bertz CT molecular complexity index is 1160. The third kappa shape index (κ3) is 6.24. The van der Waals surface area contributed by atoms with E-state index in [0.29, 0.717) is 12.2 Å². The van der Waals surface area contributed by atoms with Gasteiger partial charge in [0.25, 0.3) is 10.0 Å². The van der Waals surface area contributed by atoms with Gasteiger partial charge in [-0.2, -0.15) is 0 Å². The summed E-state index contributed by atoms with van der Waals surface area (Å²) in [6.07, 6.45) is 3.86. The predicted molar refractivity (Wildman–Crippen MR) is 135 cm³/mol. The number of piperidine rings is 1. The minimum atomic E-state index is -3.88. The summed E-state index contributed by atoms with van der Waals surface area (Å²) in [6, 6.07) is 25.1. The van der Waals surface area contributed by atoms with Crippen molar-refractivity contribution in [2.75, 3.05) is 23.9 Å². The van der Waals surface area contributed by atoms with Gasteiger partial charge in [0.2, 0.25) is 5.91 Å². The lowest BCUT2D eigenvalue weighted by Crippen LogP contribution is -2.40. The van der Waals surface area contributed by atoms with Crippen molar-refractivity contribution in [2.45, 2.75) is 37.2 Å². The first-order chi connectivity index (χ1) is 16.5. The molecule has 178 valence electrons. The summed E-state index contributed by atoms with van der Waals surface area (Å²) in [7, 11) is -3.88. The number of para-hydroxylation sites is 1. The van der Waals surface area contributed by atoms with Gasteiger partial charge in [-0.25, -0.2) is 8.42 Å². The molecule has 6 nitrogen and oxygen atoms in total. The van der Waals surface area contributed by atoms with E-state index in [4.69, 9.17) is 0 Å². The maximum Gasteiger partial charge on any atom is 0.264 e. The Morgan fingerprint density at radius 1 is 0.794 bits per heavy atom. The van der Waals surface area contributed by atoms with Gasteiger partial charge in [-0.3, -0.25) is 14.0 Å². The molecule has 0 spiro atoms. The van der Waals surface area contributed by atoms with Crippen molar-refractivity contribution >= 4 is 21.6 Å². The number of carbonyl (C=O) groups excluding carboxylic acids is 1. The van der Waals surface area contributed by atoms with Crippen LogP contribution < -0.4 is 9.62 Å². The molecule has 7 heteroatoms. The summed E-state index contributed by atoms with van der Waals surface area (Å²) in [5.41, 5.74) is 2.69. The zero-order valence-electron chi connectivity index (χ0n) is 19.3. The van der Waals surface area contributed by atoms with Crippen molar-refractivity contribution in [2.24, 2.45) is 0 Å². The van der Waals surface area contributed by atoms with Crippen molar-refractivity contribution < 1.29 is 13.2 Å². The third-order valence-electron chi connectivity index (χ3n) is 6.03. The van der Waals surface area contributed by atoms with Crippen molar-refractivity contribution in [3.63, 3.8) is 0 Å². The minimum Gasteiger partial charge on any atom is -0.350 e. The highest BCUT2D eigenvalue weighted by Crippen LogP contribution is 2.23. The van der Waals surface area contributed by atoms with Gasteiger partial charge in [0, 0.05) is 13.1 Å². The molecule has 0 aliphatic carbocycles. The summed E-state index contributed by atoms with van der Waals surface area (Å²) in [5.74, 6) is -0.360. The number of carbonyl (C=O) groups is 1. The fourth-order valence-electron chi connectivity index (χ4n) is 4.15. The molecular formula is C27H31N3O3S. The van der Waals surface area contributed by atoms with Crippen LogP contribution in [0.1, 0.15) is 30.4 Å². The summed E-state index contributed by atoms with van der Waals surface area (Å²) >= 11 is 0. The molecule has 0 radical (unpaired) electrons. The lowest BCUT2D eigenvalue weighted by atomic mass is 10.1. The molecule has 1 fully saturated rings. The smallest absolute Gasteiger partial charge is 0.264 e. The Morgan fingerprint density at radius 2 is 1.38 bits per heavy atom. The SMILES string of the molecule is O=C(CN(c1ccccc1)S(=O)(=O)c1ccccc1)NCc1ccc(CN2CCCCC2)cc1. The Kier molecular flexibility index (Phi) is 7.98. The summed E-state index contributed by atoms with van der Waals surface area (Å²) in [5, 5.41) is 2.87. The second-order valence-electron chi connectivity index (χ2n) is 8.59. The van der Waals surface area contributed by atoms with E-state index >= 15 is 0 Å². The van der Waals surface area contributed by atoms with Crippen LogP contribution in [-0.4, -0.2) is 38.9 Å². The van der Waals surface area contributed by atoms with Crippen molar-refractivity contribution in [1.82, 2.24) is 10.2 Å². The highest BCUT2D eigenvalue weighted by atomic mass is 32.2. The van der Waals surface area contributed by atoms with Gasteiger partial charge in [-0.15, -0.1) is 0 Å². The molecule has 3 aromatic rings. The number of likely N-dealkylation sites (tertiary alicyclic amines) is 1. The predicted octanol–water partition coefficient (Wildman–Crippen LogP) is 4.18. The van der Waals surface area contributed by atoms with E-state index in [1.54, 1.807) is 42.5 Å². The maximum atomic E-state index is 13.3. The Hall–Kier alpha value is -3.16. The van der Waals surface area contributed by atoms with Gasteiger partial charge in [-0.1, -0.05) is 67.1 Å². The average Bonchev–Trinajstić information content (AvgIpc) is 2.88. The van der Waals surface area contributed by atoms with Crippen LogP contribution in [-0.2, 0) is 27.9 Å². The van der Waals surface area contributed by atoms with Crippen LogP contribution in [0.15, 0.2) is 89.8 Å². The molecule has 0 saturated carbocycles. The molecule has 1 saturated heterocycles. The minimum absolute atomic E-state index is 0.149. The maximum absolute atomic E-state index is 13.3. The van der Waals surface area contributed by atoms with Crippen molar-refractivity contribution in [1.29, 1.82) is 0 Å². The van der Waals surface area contributed by atoms with E-state index in [1.165, 1.54) is 37.0 Å². The second-order valence-corrected chi connectivity index (χ2v) is 10.5. The summed E-state index contributed by atoms with van der Waals surface area (Å²) < 4.78 is 27.7. The molecule has 0 unspecified atom stereocenters. The molecule has 4 rings (SSSR count). The lowest BCUT2D eigenvalue weighted by Gasteiger charge is -2.26. The fraction of sp³-hybridized carbons (Fsp3) is 0.296. The quantitative estimate of drug-likeness (QED) is 0.502. The molecule has 1 aliphatic rings. The van der Waals surface area contributed by atoms with E-state index in [1.807, 2.05) is 18.2 Å². The molecule has 0 aromatic heterocycles. The van der Waals surface area contributed by atoms with Crippen LogP contribution in [0.25, 0.3) is 0 Å². The van der Waals surface area contributed by atoms with E-state index < -0.39 is 10.0 Å². The van der Waals surface area contributed by atoms with Gasteiger partial charge in [0.1, 0.15) is 6.54 Å². The number of sulfonamides is 1. The molecule has 1 heterocycles. The number of rotatable bonds is 9. The van der Waals surface area contributed by atoms with E-state index in [2.05, 4.69) is 22.3 Å². The van der Waals surface area contributed by atoms with Gasteiger partial charge < -0.3 is 5.32 Å². The zero-order chi connectivity index (χ0) is 23.8. The first kappa shape index (κ1) is 24.0. The molecule has 3 aromatic carbocycles. The normalized spacial score (nSPS) is 14.5. The molecule has 0 atom stereocenters. The number of benzene rings is 3. The van der Waals surface area contributed by atoms with Gasteiger partial charge >= 0.3 is 0 Å². The fourth-order valence-corrected chi connectivity index (χ4v) is 5.60. The first-order valence-electron chi connectivity index (χ1n) is 11.7. The highest BCUT2D eigenvalue weighted by molar-refractivity contribution is 7.92. The van der Waals surface area contributed by atoms with Crippen LogP contribution in [0.5, 0.6) is 0 Å². The van der Waals surface area contributed by atoms with E-state index in [0.717, 1.165) is 29.5 Å². The Balaban J connectivity index is 1.39. The number of hydrogen-bond donors (Lipinski definition) is 1. The number of amides is 1.